The summed E-state index contributed by atoms with van der Waals surface area (Å²) >= 11 is 0. The summed E-state index contributed by atoms with van der Waals surface area (Å²) in [6.45, 7) is 0.359. The van der Waals surface area contributed by atoms with Crippen LogP contribution < -0.4 is 5.32 Å². The second-order valence-corrected chi connectivity index (χ2v) is 5.84. The van der Waals surface area contributed by atoms with Gasteiger partial charge < -0.3 is 14.6 Å². The van der Waals surface area contributed by atoms with Gasteiger partial charge in [-0.1, -0.05) is 24.3 Å². The molecule has 4 rings (SSSR count). The number of benzene rings is 2. The van der Waals surface area contributed by atoms with Crippen molar-refractivity contribution in [1.82, 2.24) is 4.90 Å². The minimum Gasteiger partial charge on any atom is -0.467 e. The van der Waals surface area contributed by atoms with Crippen molar-refractivity contribution < 1.29 is 9.21 Å². The maximum Gasteiger partial charge on any atom is 0.258 e. The molecule has 2 heterocycles. The first-order valence-corrected chi connectivity index (χ1v) is 7.95. The van der Waals surface area contributed by atoms with E-state index in [1.165, 1.54) is 0 Å². The first kappa shape index (κ1) is 15.0. The molecule has 122 valence electrons. The van der Waals surface area contributed by atoms with E-state index >= 15 is 0 Å². The maximum atomic E-state index is 13.0. The number of para-hydroxylation sites is 1. The van der Waals surface area contributed by atoms with E-state index in [1.807, 2.05) is 48.5 Å². The highest BCUT2D eigenvalue weighted by Gasteiger charge is 2.33. The van der Waals surface area contributed by atoms with Crippen molar-refractivity contribution in [3.05, 3.63) is 89.4 Å². The zero-order chi connectivity index (χ0) is 17.2. The van der Waals surface area contributed by atoms with Crippen molar-refractivity contribution in [2.24, 2.45) is 0 Å². The molecule has 5 heteroatoms. The van der Waals surface area contributed by atoms with E-state index < -0.39 is 0 Å². The number of rotatable bonds is 3. The number of carbonyl (C=O) groups excluding carboxylic acids is 1. The normalized spacial score (nSPS) is 16.0. The third kappa shape index (κ3) is 2.74. The maximum absolute atomic E-state index is 13.0. The molecule has 0 saturated heterocycles. The van der Waals surface area contributed by atoms with E-state index in [0.29, 0.717) is 23.4 Å². The van der Waals surface area contributed by atoms with Gasteiger partial charge in [0.05, 0.1) is 30.0 Å². The van der Waals surface area contributed by atoms with Crippen LogP contribution in [0, 0.1) is 11.3 Å². The van der Waals surface area contributed by atoms with Crippen molar-refractivity contribution in [1.29, 1.82) is 5.26 Å². The molecular formula is C20H15N3O2. The van der Waals surface area contributed by atoms with Crippen LogP contribution in [0.1, 0.15) is 33.4 Å². The summed E-state index contributed by atoms with van der Waals surface area (Å²) in [5, 5.41) is 12.4. The Morgan fingerprint density at radius 3 is 2.60 bits per heavy atom. The summed E-state index contributed by atoms with van der Waals surface area (Å²) in [4.78, 5) is 14.8. The van der Waals surface area contributed by atoms with Gasteiger partial charge in [0, 0.05) is 5.69 Å². The van der Waals surface area contributed by atoms with Gasteiger partial charge >= 0.3 is 0 Å². The van der Waals surface area contributed by atoms with E-state index in [0.717, 1.165) is 11.3 Å². The molecule has 0 unspecified atom stereocenters. The summed E-state index contributed by atoms with van der Waals surface area (Å²) in [6.07, 6.45) is 1.27. The number of carbonyl (C=O) groups is 1. The molecule has 0 bridgehead atoms. The number of fused-ring (bicyclic) bond motifs is 1. The van der Waals surface area contributed by atoms with Gasteiger partial charge in [-0.3, -0.25) is 4.79 Å². The van der Waals surface area contributed by atoms with E-state index in [4.69, 9.17) is 9.68 Å². The standard InChI is InChI=1S/C20H15N3O2/c21-12-14-7-9-15(10-8-14)19-22-18-6-2-1-5-17(18)20(24)23(19)13-16-4-3-11-25-16/h1-11,19,22H,13H2/t19-/m0/s1. The van der Waals surface area contributed by atoms with E-state index in [2.05, 4.69) is 11.4 Å². The predicted octanol–water partition coefficient (Wildman–Crippen LogP) is 3.92. The number of hydrogen-bond acceptors (Lipinski definition) is 4. The average Bonchev–Trinajstić information content (AvgIpc) is 3.17. The molecule has 1 aliphatic rings. The fourth-order valence-electron chi connectivity index (χ4n) is 3.03. The minimum atomic E-state index is -0.333. The number of anilines is 1. The number of hydrogen-bond donors (Lipinski definition) is 1. The number of furan rings is 1. The lowest BCUT2D eigenvalue weighted by molar-refractivity contribution is 0.0651. The Hall–Kier alpha value is -3.52. The van der Waals surface area contributed by atoms with Crippen LogP contribution in [0.2, 0.25) is 0 Å². The third-order valence-electron chi connectivity index (χ3n) is 4.28. The second-order valence-electron chi connectivity index (χ2n) is 5.84. The van der Waals surface area contributed by atoms with Gasteiger partial charge in [-0.25, -0.2) is 0 Å². The Kier molecular flexibility index (Phi) is 3.71. The second kappa shape index (κ2) is 6.17. The lowest BCUT2D eigenvalue weighted by Crippen LogP contribution is -2.42. The highest BCUT2D eigenvalue weighted by atomic mass is 16.3. The molecule has 1 amide bonds. The van der Waals surface area contributed by atoms with Gasteiger partial charge in [0.25, 0.3) is 5.91 Å². The van der Waals surface area contributed by atoms with E-state index in [1.54, 1.807) is 23.3 Å². The van der Waals surface area contributed by atoms with Gasteiger partial charge in [0.15, 0.2) is 0 Å². The summed E-state index contributed by atoms with van der Waals surface area (Å²) < 4.78 is 5.43. The Balaban J connectivity index is 1.75. The number of nitrogens with one attached hydrogen (secondary N) is 1. The van der Waals surface area contributed by atoms with Gasteiger partial charge in [0.2, 0.25) is 0 Å². The van der Waals surface area contributed by atoms with Gasteiger partial charge in [0.1, 0.15) is 11.9 Å². The average molecular weight is 329 g/mol. The Labute approximate surface area is 145 Å². The molecule has 1 atom stereocenters. The molecule has 25 heavy (non-hydrogen) atoms. The molecule has 1 aromatic heterocycles. The smallest absolute Gasteiger partial charge is 0.258 e. The van der Waals surface area contributed by atoms with Crippen molar-refractivity contribution in [2.45, 2.75) is 12.7 Å². The SMILES string of the molecule is N#Cc1ccc([C@H]2Nc3ccccc3C(=O)N2Cc2ccco2)cc1. The van der Waals surface area contributed by atoms with Gasteiger partial charge in [-0.2, -0.15) is 5.26 Å². The monoisotopic (exact) mass is 329 g/mol. The van der Waals surface area contributed by atoms with E-state index in [9.17, 15) is 4.79 Å². The largest absolute Gasteiger partial charge is 0.467 e. The number of amides is 1. The van der Waals surface area contributed by atoms with Crippen LogP contribution in [0.5, 0.6) is 0 Å². The van der Waals surface area contributed by atoms with Crippen molar-refractivity contribution in [3.63, 3.8) is 0 Å². The van der Waals surface area contributed by atoms with Crippen molar-refractivity contribution in [2.75, 3.05) is 5.32 Å². The number of nitriles is 1. The highest BCUT2D eigenvalue weighted by Crippen LogP contribution is 2.34. The van der Waals surface area contributed by atoms with Crippen LogP contribution in [0.3, 0.4) is 0 Å². The Morgan fingerprint density at radius 2 is 1.88 bits per heavy atom. The van der Waals surface area contributed by atoms with Crippen LogP contribution in [0.15, 0.2) is 71.3 Å². The fourth-order valence-corrected chi connectivity index (χ4v) is 3.03. The summed E-state index contributed by atoms with van der Waals surface area (Å²) in [7, 11) is 0. The molecule has 5 nitrogen and oxygen atoms in total. The highest BCUT2D eigenvalue weighted by molar-refractivity contribution is 6.01. The number of nitrogens with zero attached hydrogens (tertiary/aromatic N) is 2. The van der Waals surface area contributed by atoms with Crippen LogP contribution in [0.25, 0.3) is 0 Å². The fraction of sp³-hybridized carbons (Fsp3) is 0.100. The lowest BCUT2D eigenvalue weighted by atomic mass is 10.0. The van der Waals surface area contributed by atoms with Crippen molar-refractivity contribution in [3.8, 4) is 6.07 Å². The molecule has 0 fully saturated rings. The van der Waals surface area contributed by atoms with Gasteiger partial charge in [-0.05, 0) is 42.0 Å². The molecule has 3 aromatic rings. The predicted molar refractivity (Wildman–Crippen MR) is 92.5 cm³/mol. The van der Waals surface area contributed by atoms with Gasteiger partial charge in [-0.15, -0.1) is 0 Å². The van der Waals surface area contributed by atoms with Crippen LogP contribution in [-0.2, 0) is 6.54 Å². The first-order valence-electron chi connectivity index (χ1n) is 7.95. The zero-order valence-electron chi connectivity index (χ0n) is 13.3. The van der Waals surface area contributed by atoms with Crippen molar-refractivity contribution >= 4 is 11.6 Å². The van der Waals surface area contributed by atoms with Crippen LogP contribution in [0.4, 0.5) is 5.69 Å². The van der Waals surface area contributed by atoms with Crippen LogP contribution in [-0.4, -0.2) is 10.8 Å². The minimum absolute atomic E-state index is 0.0555. The molecule has 1 N–H and O–H groups in total. The molecule has 0 saturated carbocycles. The summed E-state index contributed by atoms with van der Waals surface area (Å²) in [5.41, 5.74) is 2.94. The molecular weight excluding hydrogens is 314 g/mol. The third-order valence-corrected chi connectivity index (χ3v) is 4.28. The molecule has 2 aromatic carbocycles. The summed E-state index contributed by atoms with van der Waals surface area (Å²) in [6, 6.07) is 20.5. The van der Waals surface area contributed by atoms with E-state index in [-0.39, 0.29) is 12.1 Å². The molecule has 1 aliphatic heterocycles. The molecule has 0 radical (unpaired) electrons. The first-order chi connectivity index (χ1) is 12.3. The Bertz CT molecular complexity index is 940. The topological polar surface area (TPSA) is 69.3 Å². The molecule has 0 spiro atoms. The quantitative estimate of drug-likeness (QED) is 0.791. The summed E-state index contributed by atoms with van der Waals surface area (Å²) in [5.74, 6) is 0.660. The Morgan fingerprint density at radius 1 is 1.08 bits per heavy atom. The molecule has 0 aliphatic carbocycles. The zero-order valence-corrected chi connectivity index (χ0v) is 13.3. The lowest BCUT2D eigenvalue weighted by Gasteiger charge is -2.37. The van der Waals surface area contributed by atoms with Crippen LogP contribution >= 0.6 is 0 Å².